The maximum Gasteiger partial charge on any atom is 0.328 e. The van der Waals surface area contributed by atoms with Crippen LogP contribution in [0.2, 0.25) is 0 Å². The van der Waals surface area contributed by atoms with Gasteiger partial charge in [0.05, 0.1) is 6.54 Å². The smallest absolute Gasteiger partial charge is 0.328 e. The minimum atomic E-state index is -1.31. The van der Waals surface area contributed by atoms with Crippen LogP contribution in [0.5, 0.6) is 0 Å². The standard InChI is InChI=1S/C18H23N3O6/c1-2-20(18(27)21-10-6-9-14(21)17(25)26)11-13(16(23)24)19-15(22)12-7-4-3-5-8-12/h3-5,7-8,13-14H,2,6,9-11H2,1H3,(H,19,22)(H,23,24)(H,25,26)/t13?,14-/m0/s1. The molecule has 146 valence electrons. The first-order valence-electron chi connectivity index (χ1n) is 8.72. The number of urea groups is 1. The molecular formula is C18H23N3O6. The van der Waals surface area contributed by atoms with Crippen LogP contribution in [0, 0.1) is 0 Å². The normalized spacial score (nSPS) is 17.2. The molecule has 0 bridgehead atoms. The Bertz CT molecular complexity index is 708. The third-order valence-corrected chi connectivity index (χ3v) is 4.48. The Hall–Kier alpha value is -3.10. The number of nitrogens with one attached hydrogen (secondary N) is 1. The zero-order valence-corrected chi connectivity index (χ0v) is 15.0. The number of carboxylic acid groups (broad SMARTS) is 2. The van der Waals surface area contributed by atoms with Crippen molar-refractivity contribution in [1.29, 1.82) is 0 Å². The van der Waals surface area contributed by atoms with Gasteiger partial charge in [0.15, 0.2) is 0 Å². The quantitative estimate of drug-likeness (QED) is 0.647. The number of carboxylic acids is 2. The lowest BCUT2D eigenvalue weighted by molar-refractivity contribution is -0.142. The molecule has 1 fully saturated rings. The number of rotatable bonds is 7. The number of hydrogen-bond acceptors (Lipinski definition) is 4. The van der Waals surface area contributed by atoms with Gasteiger partial charge in [-0.1, -0.05) is 18.2 Å². The molecule has 9 nitrogen and oxygen atoms in total. The van der Waals surface area contributed by atoms with Crippen LogP contribution in [0.25, 0.3) is 0 Å². The van der Waals surface area contributed by atoms with Crippen LogP contribution in [0.3, 0.4) is 0 Å². The van der Waals surface area contributed by atoms with Crippen molar-refractivity contribution >= 4 is 23.9 Å². The number of amides is 3. The third kappa shape index (κ3) is 4.96. The molecule has 1 aromatic rings. The number of likely N-dealkylation sites (tertiary alicyclic amines) is 1. The van der Waals surface area contributed by atoms with Crippen molar-refractivity contribution in [2.75, 3.05) is 19.6 Å². The van der Waals surface area contributed by atoms with Gasteiger partial charge in [0.1, 0.15) is 12.1 Å². The van der Waals surface area contributed by atoms with Gasteiger partial charge in [0.2, 0.25) is 0 Å². The average Bonchev–Trinajstić information content (AvgIpc) is 3.15. The molecule has 2 rings (SSSR count). The minimum absolute atomic E-state index is 0.187. The summed E-state index contributed by atoms with van der Waals surface area (Å²) in [4.78, 5) is 50.3. The Morgan fingerprint density at radius 3 is 2.44 bits per heavy atom. The summed E-state index contributed by atoms with van der Waals surface area (Å²) < 4.78 is 0. The predicted molar refractivity (Wildman–Crippen MR) is 95.3 cm³/mol. The second-order valence-electron chi connectivity index (χ2n) is 6.24. The molecule has 0 radical (unpaired) electrons. The molecule has 1 aromatic carbocycles. The fourth-order valence-electron chi connectivity index (χ4n) is 3.01. The Labute approximate surface area is 156 Å². The number of aliphatic carboxylic acids is 2. The molecule has 2 atom stereocenters. The van der Waals surface area contributed by atoms with Crippen molar-refractivity contribution in [1.82, 2.24) is 15.1 Å². The fourth-order valence-corrected chi connectivity index (χ4v) is 3.01. The van der Waals surface area contributed by atoms with E-state index in [9.17, 15) is 29.4 Å². The number of carbonyl (C=O) groups excluding carboxylic acids is 2. The van der Waals surface area contributed by atoms with Crippen LogP contribution < -0.4 is 5.32 Å². The van der Waals surface area contributed by atoms with E-state index in [2.05, 4.69) is 5.32 Å². The minimum Gasteiger partial charge on any atom is -0.480 e. The van der Waals surface area contributed by atoms with Gasteiger partial charge < -0.3 is 25.3 Å². The molecule has 0 saturated carbocycles. The Kier molecular flexibility index (Phi) is 6.75. The second-order valence-corrected chi connectivity index (χ2v) is 6.24. The molecule has 27 heavy (non-hydrogen) atoms. The van der Waals surface area contributed by atoms with Crippen LogP contribution in [0.4, 0.5) is 4.79 Å². The van der Waals surface area contributed by atoms with E-state index < -0.39 is 36.0 Å². The second kappa shape index (κ2) is 9.02. The lowest BCUT2D eigenvalue weighted by atomic mass is 10.2. The van der Waals surface area contributed by atoms with Crippen molar-refractivity contribution in [2.24, 2.45) is 0 Å². The Balaban J connectivity index is 2.08. The third-order valence-electron chi connectivity index (χ3n) is 4.48. The number of nitrogens with zero attached hydrogens (tertiary/aromatic N) is 2. The van der Waals surface area contributed by atoms with Gasteiger partial charge in [-0.3, -0.25) is 4.79 Å². The summed E-state index contributed by atoms with van der Waals surface area (Å²) in [5.74, 6) is -2.91. The van der Waals surface area contributed by atoms with Gasteiger partial charge in [0.25, 0.3) is 5.91 Å². The number of benzene rings is 1. The van der Waals surface area contributed by atoms with Gasteiger partial charge in [-0.15, -0.1) is 0 Å². The van der Waals surface area contributed by atoms with E-state index in [1.807, 2.05) is 0 Å². The molecular weight excluding hydrogens is 354 g/mol. The van der Waals surface area contributed by atoms with Crippen LogP contribution >= 0.6 is 0 Å². The zero-order valence-electron chi connectivity index (χ0n) is 15.0. The molecule has 1 unspecified atom stereocenters. The molecule has 1 saturated heterocycles. The molecule has 0 aliphatic carbocycles. The lowest BCUT2D eigenvalue weighted by Gasteiger charge is -2.31. The maximum atomic E-state index is 12.7. The maximum absolute atomic E-state index is 12.7. The van der Waals surface area contributed by atoms with Gasteiger partial charge in [0, 0.05) is 18.7 Å². The van der Waals surface area contributed by atoms with Crippen LogP contribution in [-0.2, 0) is 9.59 Å². The highest BCUT2D eigenvalue weighted by Crippen LogP contribution is 2.19. The lowest BCUT2D eigenvalue weighted by Crippen LogP contribution is -2.54. The van der Waals surface area contributed by atoms with E-state index in [-0.39, 0.29) is 13.1 Å². The van der Waals surface area contributed by atoms with Crippen molar-refractivity contribution in [3.05, 3.63) is 35.9 Å². The summed E-state index contributed by atoms with van der Waals surface area (Å²) in [6.07, 6.45) is 0.944. The predicted octanol–water partition coefficient (Wildman–Crippen LogP) is 0.860. The molecule has 0 aromatic heterocycles. The van der Waals surface area contributed by atoms with E-state index >= 15 is 0 Å². The van der Waals surface area contributed by atoms with Crippen LogP contribution in [0.15, 0.2) is 30.3 Å². The fraction of sp³-hybridized carbons (Fsp3) is 0.444. The van der Waals surface area contributed by atoms with E-state index in [1.165, 1.54) is 9.80 Å². The van der Waals surface area contributed by atoms with Gasteiger partial charge in [-0.25, -0.2) is 14.4 Å². The van der Waals surface area contributed by atoms with Gasteiger partial charge in [-0.2, -0.15) is 0 Å². The first-order chi connectivity index (χ1) is 12.8. The molecule has 9 heteroatoms. The van der Waals surface area contributed by atoms with Crippen molar-refractivity contribution in [3.63, 3.8) is 0 Å². The Morgan fingerprint density at radius 2 is 1.89 bits per heavy atom. The first kappa shape index (κ1) is 20.2. The molecule has 1 heterocycles. The highest BCUT2D eigenvalue weighted by Gasteiger charge is 2.37. The van der Waals surface area contributed by atoms with E-state index in [0.717, 1.165) is 0 Å². The molecule has 1 aliphatic rings. The van der Waals surface area contributed by atoms with E-state index in [0.29, 0.717) is 24.9 Å². The molecule has 0 spiro atoms. The number of hydrogen-bond donors (Lipinski definition) is 3. The zero-order chi connectivity index (χ0) is 20.0. The van der Waals surface area contributed by atoms with E-state index in [4.69, 9.17) is 0 Å². The van der Waals surface area contributed by atoms with Crippen molar-refractivity contribution in [3.8, 4) is 0 Å². The van der Waals surface area contributed by atoms with Gasteiger partial charge >= 0.3 is 18.0 Å². The summed E-state index contributed by atoms with van der Waals surface area (Å²) in [5.41, 5.74) is 0.309. The monoisotopic (exact) mass is 377 g/mol. The van der Waals surface area contributed by atoms with Crippen molar-refractivity contribution in [2.45, 2.75) is 31.8 Å². The Morgan fingerprint density at radius 1 is 1.22 bits per heavy atom. The highest BCUT2D eigenvalue weighted by molar-refractivity contribution is 5.96. The first-order valence-corrected chi connectivity index (χ1v) is 8.72. The summed E-state index contributed by atoms with van der Waals surface area (Å²) >= 11 is 0. The largest absolute Gasteiger partial charge is 0.480 e. The molecule has 1 aliphatic heterocycles. The van der Waals surface area contributed by atoms with Gasteiger partial charge in [-0.05, 0) is 31.9 Å². The number of likely N-dealkylation sites (N-methyl/N-ethyl adjacent to an activating group) is 1. The molecule has 3 N–H and O–H groups in total. The SMILES string of the molecule is CCN(CC(NC(=O)c1ccccc1)C(=O)O)C(=O)N1CCC[C@H]1C(=O)O. The van der Waals surface area contributed by atoms with E-state index in [1.54, 1.807) is 37.3 Å². The molecule has 3 amide bonds. The summed E-state index contributed by atoms with van der Waals surface area (Å²) in [7, 11) is 0. The van der Waals surface area contributed by atoms with Crippen LogP contribution in [-0.4, -0.2) is 75.6 Å². The summed E-state index contributed by atoms with van der Waals surface area (Å²) in [6, 6.07) is 5.40. The summed E-state index contributed by atoms with van der Waals surface area (Å²) in [5, 5.41) is 21.1. The highest BCUT2D eigenvalue weighted by atomic mass is 16.4. The van der Waals surface area contributed by atoms with Crippen molar-refractivity contribution < 1.29 is 29.4 Å². The average molecular weight is 377 g/mol. The van der Waals surface area contributed by atoms with Crippen LogP contribution in [0.1, 0.15) is 30.1 Å². The topological polar surface area (TPSA) is 127 Å². The number of carbonyl (C=O) groups is 4. The summed E-state index contributed by atoms with van der Waals surface area (Å²) in [6.45, 7) is 1.90.